The molecule has 2 rings (SSSR count). The summed E-state index contributed by atoms with van der Waals surface area (Å²) in [5.41, 5.74) is 1.77. The van der Waals surface area contributed by atoms with Crippen molar-refractivity contribution in [2.45, 2.75) is 40.3 Å². The third-order valence-corrected chi connectivity index (χ3v) is 3.12. The maximum Gasteiger partial charge on any atom is 0.308 e. The van der Waals surface area contributed by atoms with Crippen LogP contribution in [0, 0.1) is 5.92 Å². The number of rotatable bonds is 6. The van der Waals surface area contributed by atoms with Gasteiger partial charge in [0, 0.05) is 6.54 Å². The first-order chi connectivity index (χ1) is 9.56. The Balaban J connectivity index is 2.36. The van der Waals surface area contributed by atoms with Gasteiger partial charge in [0.15, 0.2) is 5.82 Å². The minimum Gasteiger partial charge on any atom is -0.481 e. The summed E-state index contributed by atoms with van der Waals surface area (Å²) in [6.07, 6.45) is 0.826. The molecule has 2 aromatic heterocycles. The molecule has 0 saturated carbocycles. The predicted octanol–water partition coefficient (Wildman–Crippen LogP) is 0.840. The maximum atomic E-state index is 10.9. The highest BCUT2D eigenvalue weighted by atomic mass is 16.4. The summed E-state index contributed by atoms with van der Waals surface area (Å²) in [6.45, 7) is 6.58. The van der Waals surface area contributed by atoms with E-state index in [0.717, 1.165) is 17.8 Å². The van der Waals surface area contributed by atoms with Crippen LogP contribution in [0.4, 0.5) is 0 Å². The first-order valence-corrected chi connectivity index (χ1v) is 6.62. The summed E-state index contributed by atoms with van der Waals surface area (Å²) < 4.78 is 3.34. The van der Waals surface area contributed by atoms with Crippen LogP contribution < -0.4 is 0 Å². The molecule has 20 heavy (non-hydrogen) atoms. The highest BCUT2D eigenvalue weighted by molar-refractivity contribution is 5.69. The van der Waals surface area contributed by atoms with Gasteiger partial charge in [0.2, 0.25) is 0 Å². The molecule has 0 amide bonds. The highest BCUT2D eigenvalue weighted by Gasteiger charge is 2.19. The summed E-state index contributed by atoms with van der Waals surface area (Å²) in [5.74, 6) is -0.877. The normalized spacial score (nSPS) is 12.6. The summed E-state index contributed by atoms with van der Waals surface area (Å²) in [4.78, 5) is 10.9. The molecular formula is C12H18N6O2. The van der Waals surface area contributed by atoms with Gasteiger partial charge in [-0.25, -0.2) is 4.68 Å². The molecule has 0 radical (unpaired) electrons. The van der Waals surface area contributed by atoms with Crippen molar-refractivity contribution in [3.63, 3.8) is 0 Å². The van der Waals surface area contributed by atoms with Gasteiger partial charge in [0.05, 0.1) is 18.2 Å². The van der Waals surface area contributed by atoms with Crippen molar-refractivity contribution in [1.82, 2.24) is 30.0 Å². The first kappa shape index (κ1) is 14.2. The molecule has 0 spiro atoms. The van der Waals surface area contributed by atoms with E-state index < -0.39 is 11.9 Å². The molecule has 8 nitrogen and oxygen atoms in total. The van der Waals surface area contributed by atoms with Gasteiger partial charge in [-0.3, -0.25) is 9.48 Å². The lowest BCUT2D eigenvalue weighted by molar-refractivity contribution is -0.141. The van der Waals surface area contributed by atoms with E-state index in [4.69, 9.17) is 5.11 Å². The van der Waals surface area contributed by atoms with E-state index in [9.17, 15) is 4.79 Å². The molecule has 2 heterocycles. The van der Waals surface area contributed by atoms with Crippen LogP contribution >= 0.6 is 0 Å². The number of carboxylic acid groups (broad SMARTS) is 1. The van der Waals surface area contributed by atoms with Gasteiger partial charge in [-0.15, -0.1) is 5.10 Å². The van der Waals surface area contributed by atoms with E-state index >= 15 is 0 Å². The summed E-state index contributed by atoms with van der Waals surface area (Å²) in [5, 5.41) is 25.0. The number of hydrogen-bond donors (Lipinski definition) is 1. The van der Waals surface area contributed by atoms with Crippen LogP contribution in [0.2, 0.25) is 0 Å². The van der Waals surface area contributed by atoms with Crippen LogP contribution in [-0.4, -0.2) is 41.1 Å². The standard InChI is InChI=1S/C12H18N6O2/c1-4-9-6-10(17(5-2)14-9)11-13-15-16-18(11)7-8(3)12(19)20/h6,8H,4-5,7H2,1-3H3,(H,19,20). The molecule has 0 saturated heterocycles. The molecule has 0 aliphatic rings. The second-order valence-corrected chi connectivity index (χ2v) is 4.61. The maximum absolute atomic E-state index is 10.9. The average Bonchev–Trinajstić information content (AvgIpc) is 3.03. The summed E-state index contributed by atoms with van der Waals surface area (Å²) in [7, 11) is 0. The van der Waals surface area contributed by atoms with E-state index in [1.807, 2.05) is 24.6 Å². The quantitative estimate of drug-likeness (QED) is 0.840. The number of tetrazole rings is 1. The van der Waals surface area contributed by atoms with Crippen molar-refractivity contribution in [1.29, 1.82) is 0 Å². The van der Waals surface area contributed by atoms with Crippen molar-refractivity contribution in [2.24, 2.45) is 5.92 Å². The Labute approximate surface area is 116 Å². The third-order valence-electron chi connectivity index (χ3n) is 3.12. The molecule has 0 aromatic carbocycles. The topological polar surface area (TPSA) is 98.7 Å². The predicted molar refractivity (Wildman–Crippen MR) is 70.9 cm³/mol. The number of aryl methyl sites for hydroxylation is 2. The van der Waals surface area contributed by atoms with E-state index in [-0.39, 0.29) is 6.54 Å². The van der Waals surface area contributed by atoms with E-state index in [1.54, 1.807) is 6.92 Å². The molecule has 1 N–H and O–H groups in total. The molecule has 0 aliphatic carbocycles. The minimum absolute atomic E-state index is 0.230. The minimum atomic E-state index is -0.871. The molecular weight excluding hydrogens is 260 g/mol. The van der Waals surface area contributed by atoms with Crippen LogP contribution in [0.3, 0.4) is 0 Å². The number of carboxylic acids is 1. The zero-order valence-corrected chi connectivity index (χ0v) is 11.8. The van der Waals surface area contributed by atoms with Crippen LogP contribution in [-0.2, 0) is 24.3 Å². The molecule has 0 aliphatic heterocycles. The molecule has 2 aromatic rings. The number of nitrogens with zero attached hydrogens (tertiary/aromatic N) is 6. The van der Waals surface area contributed by atoms with E-state index in [0.29, 0.717) is 12.4 Å². The number of aromatic nitrogens is 6. The Kier molecular flexibility index (Phi) is 4.11. The van der Waals surface area contributed by atoms with Gasteiger partial charge >= 0.3 is 5.97 Å². The largest absolute Gasteiger partial charge is 0.481 e. The van der Waals surface area contributed by atoms with Crippen molar-refractivity contribution in [2.75, 3.05) is 0 Å². The Hall–Kier alpha value is -2.25. The lowest BCUT2D eigenvalue weighted by Crippen LogP contribution is -2.18. The van der Waals surface area contributed by atoms with Crippen LogP contribution in [0.5, 0.6) is 0 Å². The lowest BCUT2D eigenvalue weighted by atomic mass is 10.2. The van der Waals surface area contributed by atoms with Gasteiger partial charge in [-0.2, -0.15) is 5.10 Å². The number of carbonyl (C=O) groups is 1. The summed E-state index contributed by atoms with van der Waals surface area (Å²) in [6, 6.07) is 1.94. The Morgan fingerprint density at radius 3 is 2.75 bits per heavy atom. The van der Waals surface area contributed by atoms with Crippen molar-refractivity contribution in [3.8, 4) is 11.5 Å². The number of aliphatic carboxylic acids is 1. The fourth-order valence-electron chi connectivity index (χ4n) is 1.91. The van der Waals surface area contributed by atoms with Crippen molar-refractivity contribution >= 4 is 5.97 Å². The highest BCUT2D eigenvalue weighted by Crippen LogP contribution is 2.19. The smallest absolute Gasteiger partial charge is 0.308 e. The molecule has 1 atom stereocenters. The third kappa shape index (κ3) is 2.68. The average molecular weight is 278 g/mol. The first-order valence-electron chi connectivity index (χ1n) is 6.62. The Morgan fingerprint density at radius 2 is 2.15 bits per heavy atom. The zero-order valence-electron chi connectivity index (χ0n) is 11.8. The Morgan fingerprint density at radius 1 is 1.40 bits per heavy atom. The Bertz CT molecular complexity index is 603. The number of hydrogen-bond acceptors (Lipinski definition) is 5. The van der Waals surface area contributed by atoms with Crippen molar-refractivity contribution in [3.05, 3.63) is 11.8 Å². The van der Waals surface area contributed by atoms with Gasteiger partial charge in [0.25, 0.3) is 0 Å². The molecule has 8 heteroatoms. The molecule has 1 unspecified atom stereocenters. The fourth-order valence-corrected chi connectivity index (χ4v) is 1.91. The van der Waals surface area contributed by atoms with Crippen molar-refractivity contribution < 1.29 is 9.90 Å². The second-order valence-electron chi connectivity index (χ2n) is 4.61. The van der Waals surface area contributed by atoms with Crippen LogP contribution in [0.1, 0.15) is 26.5 Å². The lowest BCUT2D eigenvalue weighted by Gasteiger charge is -2.08. The monoisotopic (exact) mass is 278 g/mol. The van der Waals surface area contributed by atoms with Crippen LogP contribution in [0.15, 0.2) is 6.07 Å². The van der Waals surface area contributed by atoms with Crippen LogP contribution in [0.25, 0.3) is 11.5 Å². The zero-order chi connectivity index (χ0) is 14.7. The second kappa shape index (κ2) is 5.81. The van der Waals surface area contributed by atoms with E-state index in [1.165, 1.54) is 4.68 Å². The van der Waals surface area contributed by atoms with Gasteiger partial charge < -0.3 is 5.11 Å². The molecule has 0 fully saturated rings. The molecule has 108 valence electrons. The van der Waals surface area contributed by atoms with Gasteiger partial charge in [0.1, 0.15) is 5.69 Å². The fraction of sp³-hybridized carbons (Fsp3) is 0.583. The summed E-state index contributed by atoms with van der Waals surface area (Å²) >= 11 is 0. The van der Waals surface area contributed by atoms with Gasteiger partial charge in [-0.05, 0) is 29.8 Å². The molecule has 0 bridgehead atoms. The SMILES string of the molecule is CCc1cc(-c2nnnn2CC(C)C(=O)O)n(CC)n1. The van der Waals surface area contributed by atoms with E-state index in [2.05, 4.69) is 20.6 Å². The van der Waals surface area contributed by atoms with Gasteiger partial charge in [-0.1, -0.05) is 13.8 Å².